The molecule has 0 aliphatic carbocycles. The van der Waals surface area contributed by atoms with Crippen molar-refractivity contribution in [3.05, 3.63) is 92.5 Å². The van der Waals surface area contributed by atoms with Crippen molar-refractivity contribution in [1.82, 2.24) is 0 Å². The van der Waals surface area contributed by atoms with Crippen molar-refractivity contribution in [1.29, 1.82) is 0 Å². The van der Waals surface area contributed by atoms with Gasteiger partial charge >= 0.3 is 5.97 Å². The number of non-ortho nitro benzene ring substituents is 2. The third kappa shape index (κ3) is 7.48. The molecule has 0 radical (unpaired) electrons. The number of hydrogen-bond donors (Lipinski definition) is 3. The van der Waals surface area contributed by atoms with E-state index in [0.29, 0.717) is 0 Å². The van der Waals surface area contributed by atoms with Gasteiger partial charge in [0, 0.05) is 12.1 Å². The zero-order valence-corrected chi connectivity index (χ0v) is 18.8. The van der Waals surface area contributed by atoms with Gasteiger partial charge in [-0.05, 0) is 30.3 Å². The number of nitrogens with one attached hydrogen (secondary N) is 2. The summed E-state index contributed by atoms with van der Waals surface area (Å²) in [5, 5.41) is 35.9. The number of anilines is 2. The Kier molecular flexibility index (Phi) is 8.28. The van der Waals surface area contributed by atoms with Gasteiger partial charge in [-0.2, -0.15) is 0 Å². The van der Waals surface area contributed by atoms with Crippen molar-refractivity contribution in [2.24, 2.45) is 0 Å². The minimum atomic E-state index is -1.28. The van der Waals surface area contributed by atoms with Gasteiger partial charge in [0.2, 0.25) is 0 Å². The molecule has 3 N–H and O–H groups in total. The van der Waals surface area contributed by atoms with Crippen LogP contribution in [0.1, 0.15) is 10.4 Å². The van der Waals surface area contributed by atoms with Gasteiger partial charge in [-0.3, -0.25) is 29.8 Å². The summed E-state index contributed by atoms with van der Waals surface area (Å²) in [5.41, 5.74) is -0.651. The molecule has 190 valence electrons. The zero-order chi connectivity index (χ0) is 26.9. The molecule has 3 rings (SSSR count). The van der Waals surface area contributed by atoms with Gasteiger partial charge in [-0.15, -0.1) is 0 Å². The Morgan fingerprint density at radius 3 is 1.68 bits per heavy atom. The van der Waals surface area contributed by atoms with E-state index in [-0.39, 0.29) is 39.8 Å². The molecule has 0 atom stereocenters. The lowest BCUT2D eigenvalue weighted by Gasteiger charge is -2.14. The van der Waals surface area contributed by atoms with Crippen LogP contribution in [0.5, 0.6) is 11.5 Å². The molecule has 0 saturated heterocycles. The van der Waals surface area contributed by atoms with E-state index in [9.17, 15) is 39.7 Å². The van der Waals surface area contributed by atoms with E-state index >= 15 is 0 Å². The average molecular weight is 510 g/mol. The first-order valence-corrected chi connectivity index (χ1v) is 10.3. The Morgan fingerprint density at radius 2 is 1.22 bits per heavy atom. The summed E-state index contributed by atoms with van der Waals surface area (Å²) in [6.07, 6.45) is 0. The van der Waals surface area contributed by atoms with Crippen LogP contribution in [0.25, 0.3) is 0 Å². The first-order chi connectivity index (χ1) is 17.6. The molecule has 3 aromatic rings. The molecule has 0 aliphatic heterocycles. The van der Waals surface area contributed by atoms with E-state index in [0.717, 1.165) is 18.2 Å². The summed E-state index contributed by atoms with van der Waals surface area (Å²) in [7, 11) is 0. The molecule has 3 aromatic carbocycles. The molecule has 0 fully saturated rings. The Morgan fingerprint density at radius 1 is 0.730 bits per heavy atom. The summed E-state index contributed by atoms with van der Waals surface area (Å²) in [6, 6.07) is 14.0. The maximum atomic E-state index is 12.4. The highest BCUT2D eigenvalue weighted by atomic mass is 16.6. The van der Waals surface area contributed by atoms with Crippen molar-refractivity contribution >= 4 is 40.5 Å². The van der Waals surface area contributed by atoms with Crippen molar-refractivity contribution < 1.29 is 38.8 Å². The molecule has 37 heavy (non-hydrogen) atoms. The molecule has 0 aromatic heterocycles. The molecule has 0 spiro atoms. The van der Waals surface area contributed by atoms with E-state index in [4.69, 9.17) is 9.47 Å². The Bertz CT molecular complexity index is 1380. The number of amides is 2. The number of nitrogens with zero attached hydrogens (tertiary/aromatic N) is 2. The number of carbonyl (C=O) groups is 3. The number of carboxylic acids is 1. The SMILES string of the molecule is O=C(COc1cccc([N+](=O)[O-])c1)Nc1ccc(C(=O)O)cc1NC(=O)COc1cccc([N+](=O)[O-])c1. The fourth-order valence-corrected chi connectivity index (χ4v) is 2.93. The monoisotopic (exact) mass is 510 g/mol. The van der Waals surface area contributed by atoms with Crippen molar-refractivity contribution in [2.45, 2.75) is 0 Å². The highest BCUT2D eigenvalue weighted by Gasteiger charge is 2.15. The van der Waals surface area contributed by atoms with Gasteiger partial charge < -0.3 is 25.2 Å². The molecular weight excluding hydrogens is 492 g/mol. The number of benzene rings is 3. The maximum absolute atomic E-state index is 12.4. The number of ether oxygens (including phenoxy) is 2. The lowest BCUT2D eigenvalue weighted by atomic mass is 10.1. The third-order valence-corrected chi connectivity index (χ3v) is 4.61. The summed E-state index contributed by atoms with van der Waals surface area (Å²) in [5.74, 6) is -2.57. The molecule has 0 bridgehead atoms. The van der Waals surface area contributed by atoms with Crippen LogP contribution in [0, 0.1) is 20.2 Å². The van der Waals surface area contributed by atoms with Crippen LogP contribution in [-0.4, -0.2) is 46.0 Å². The molecule has 14 nitrogen and oxygen atoms in total. The molecule has 0 unspecified atom stereocenters. The highest BCUT2D eigenvalue weighted by molar-refractivity contribution is 6.02. The fourth-order valence-electron chi connectivity index (χ4n) is 2.93. The van der Waals surface area contributed by atoms with Gasteiger partial charge in [-0.25, -0.2) is 4.79 Å². The number of nitro groups is 2. The van der Waals surface area contributed by atoms with E-state index in [1.807, 2.05) is 0 Å². The number of nitro benzene ring substituents is 2. The fraction of sp³-hybridized carbons (Fsp3) is 0.0870. The Balaban J connectivity index is 1.67. The number of hydrogen-bond acceptors (Lipinski definition) is 9. The zero-order valence-electron chi connectivity index (χ0n) is 18.8. The Labute approximate surface area is 207 Å². The second-order valence-electron chi connectivity index (χ2n) is 7.25. The van der Waals surface area contributed by atoms with Crippen LogP contribution in [-0.2, 0) is 9.59 Å². The van der Waals surface area contributed by atoms with Gasteiger partial charge in [0.05, 0.1) is 38.9 Å². The summed E-state index contributed by atoms with van der Waals surface area (Å²) in [6.45, 7) is -1.10. The van der Waals surface area contributed by atoms with Crippen molar-refractivity contribution in [3.63, 3.8) is 0 Å². The second kappa shape index (κ2) is 11.7. The minimum Gasteiger partial charge on any atom is -0.484 e. The van der Waals surface area contributed by atoms with E-state index in [1.165, 1.54) is 48.5 Å². The van der Waals surface area contributed by atoms with Crippen LogP contribution in [0.3, 0.4) is 0 Å². The number of carboxylic acid groups (broad SMARTS) is 1. The summed E-state index contributed by atoms with van der Waals surface area (Å²) >= 11 is 0. The first kappa shape index (κ1) is 26.1. The topological polar surface area (TPSA) is 200 Å². The van der Waals surface area contributed by atoms with Crippen LogP contribution >= 0.6 is 0 Å². The van der Waals surface area contributed by atoms with Crippen LogP contribution in [0.15, 0.2) is 66.7 Å². The largest absolute Gasteiger partial charge is 0.484 e. The normalized spacial score (nSPS) is 10.2. The van der Waals surface area contributed by atoms with Gasteiger partial charge in [0.1, 0.15) is 11.5 Å². The quantitative estimate of drug-likeness (QED) is 0.254. The van der Waals surface area contributed by atoms with Gasteiger partial charge in [0.25, 0.3) is 23.2 Å². The minimum absolute atomic E-state index is 0.0429. The molecule has 0 aliphatic rings. The smallest absolute Gasteiger partial charge is 0.335 e. The third-order valence-electron chi connectivity index (χ3n) is 4.61. The van der Waals surface area contributed by atoms with E-state index in [1.54, 1.807) is 0 Å². The van der Waals surface area contributed by atoms with Crippen molar-refractivity contribution in [3.8, 4) is 11.5 Å². The first-order valence-electron chi connectivity index (χ1n) is 10.3. The standard InChI is InChI=1S/C23H18N4O10/c28-21(12-36-17-5-1-3-15(10-17)26(32)33)24-19-8-7-14(23(30)31)9-20(19)25-22(29)13-37-18-6-2-4-16(11-18)27(34)35/h1-11H,12-13H2,(H,24,28)(H,25,29)(H,30,31). The van der Waals surface area contributed by atoms with E-state index < -0.39 is 40.8 Å². The van der Waals surface area contributed by atoms with Gasteiger partial charge in [0.15, 0.2) is 13.2 Å². The van der Waals surface area contributed by atoms with Crippen LogP contribution in [0.2, 0.25) is 0 Å². The lowest BCUT2D eigenvalue weighted by molar-refractivity contribution is -0.385. The summed E-state index contributed by atoms with van der Waals surface area (Å²) < 4.78 is 10.5. The summed E-state index contributed by atoms with van der Waals surface area (Å²) in [4.78, 5) is 56.6. The second-order valence-corrected chi connectivity index (χ2v) is 7.25. The average Bonchev–Trinajstić information content (AvgIpc) is 2.87. The molecule has 0 heterocycles. The van der Waals surface area contributed by atoms with Crippen LogP contribution in [0.4, 0.5) is 22.7 Å². The molecular formula is C23H18N4O10. The number of aromatic carboxylic acids is 1. The predicted octanol–water partition coefficient (Wildman–Crippen LogP) is 3.24. The number of carbonyl (C=O) groups excluding carboxylic acids is 2. The van der Waals surface area contributed by atoms with Gasteiger partial charge in [-0.1, -0.05) is 12.1 Å². The van der Waals surface area contributed by atoms with Crippen LogP contribution < -0.4 is 20.1 Å². The Hall–Kier alpha value is -5.53. The molecule has 0 saturated carbocycles. The lowest BCUT2D eigenvalue weighted by Crippen LogP contribution is -2.24. The van der Waals surface area contributed by atoms with Crippen molar-refractivity contribution in [2.75, 3.05) is 23.8 Å². The maximum Gasteiger partial charge on any atom is 0.335 e. The van der Waals surface area contributed by atoms with E-state index in [2.05, 4.69) is 10.6 Å². The predicted molar refractivity (Wildman–Crippen MR) is 128 cm³/mol. The highest BCUT2D eigenvalue weighted by Crippen LogP contribution is 2.25. The molecule has 14 heteroatoms. The number of rotatable bonds is 11. The molecule has 2 amide bonds.